The minimum absolute atomic E-state index is 0.403. The third-order valence-electron chi connectivity index (χ3n) is 3.74. The third-order valence-corrected chi connectivity index (χ3v) is 3.74. The first-order valence-electron chi connectivity index (χ1n) is 7.08. The van der Waals surface area contributed by atoms with Gasteiger partial charge in [-0.3, -0.25) is 0 Å². The molecule has 0 fully saturated rings. The van der Waals surface area contributed by atoms with Gasteiger partial charge in [-0.05, 0) is 56.6 Å². The quantitative estimate of drug-likeness (QED) is 0.823. The Labute approximate surface area is 117 Å². The molecule has 0 aliphatic rings. The molecular formula is C16H28N2O. The van der Waals surface area contributed by atoms with Crippen molar-refractivity contribution in [2.24, 2.45) is 11.7 Å². The second-order valence-corrected chi connectivity index (χ2v) is 5.39. The summed E-state index contributed by atoms with van der Waals surface area (Å²) in [5.74, 6) is 1.52. The summed E-state index contributed by atoms with van der Waals surface area (Å²) in [5.41, 5.74) is 8.33. The molecule has 2 atom stereocenters. The Morgan fingerprint density at radius 3 is 2.47 bits per heavy atom. The Bertz CT molecular complexity index is 390. The smallest absolute Gasteiger partial charge is 0.122 e. The molecule has 0 spiro atoms. The minimum Gasteiger partial charge on any atom is -0.496 e. The number of ether oxygens (including phenoxy) is 1. The molecule has 1 rings (SSSR count). The molecule has 0 aliphatic heterocycles. The van der Waals surface area contributed by atoms with Crippen molar-refractivity contribution in [3.05, 3.63) is 29.3 Å². The van der Waals surface area contributed by atoms with Crippen molar-refractivity contribution in [3.8, 4) is 5.75 Å². The van der Waals surface area contributed by atoms with Gasteiger partial charge in [-0.2, -0.15) is 0 Å². The van der Waals surface area contributed by atoms with Crippen LogP contribution in [0.3, 0.4) is 0 Å². The lowest BCUT2D eigenvalue weighted by Gasteiger charge is -2.31. The number of benzene rings is 1. The van der Waals surface area contributed by atoms with Crippen LogP contribution >= 0.6 is 0 Å². The largest absolute Gasteiger partial charge is 0.496 e. The summed E-state index contributed by atoms with van der Waals surface area (Å²) in [5, 5.41) is 0. The first kappa shape index (κ1) is 16.0. The molecule has 2 unspecified atom stereocenters. The highest BCUT2D eigenvalue weighted by Crippen LogP contribution is 2.32. The SMILES string of the molecule is CCc1cc(C(C(C)CCN)N(C)C)ccc1OC. The Morgan fingerprint density at radius 2 is 2.00 bits per heavy atom. The second-order valence-electron chi connectivity index (χ2n) is 5.39. The van der Waals surface area contributed by atoms with E-state index in [2.05, 4.69) is 51.0 Å². The Balaban J connectivity index is 3.09. The summed E-state index contributed by atoms with van der Waals surface area (Å²) in [4.78, 5) is 2.28. The monoisotopic (exact) mass is 264 g/mol. The molecule has 108 valence electrons. The molecular weight excluding hydrogens is 236 g/mol. The van der Waals surface area contributed by atoms with Gasteiger partial charge in [0, 0.05) is 6.04 Å². The van der Waals surface area contributed by atoms with E-state index < -0.39 is 0 Å². The lowest BCUT2D eigenvalue weighted by molar-refractivity contribution is 0.216. The Hall–Kier alpha value is -1.06. The minimum atomic E-state index is 0.403. The van der Waals surface area contributed by atoms with Gasteiger partial charge in [-0.15, -0.1) is 0 Å². The second kappa shape index (κ2) is 7.51. The van der Waals surface area contributed by atoms with Gasteiger partial charge in [0.1, 0.15) is 5.75 Å². The van der Waals surface area contributed by atoms with E-state index in [1.54, 1.807) is 7.11 Å². The molecule has 0 amide bonds. The summed E-state index contributed by atoms with van der Waals surface area (Å²) < 4.78 is 5.41. The lowest BCUT2D eigenvalue weighted by Crippen LogP contribution is -2.27. The van der Waals surface area contributed by atoms with E-state index in [-0.39, 0.29) is 0 Å². The highest BCUT2D eigenvalue weighted by atomic mass is 16.5. The fourth-order valence-corrected chi connectivity index (χ4v) is 2.82. The van der Waals surface area contributed by atoms with Gasteiger partial charge in [0.2, 0.25) is 0 Å². The highest BCUT2D eigenvalue weighted by molar-refractivity contribution is 5.38. The topological polar surface area (TPSA) is 38.5 Å². The molecule has 3 heteroatoms. The van der Waals surface area contributed by atoms with Crippen molar-refractivity contribution >= 4 is 0 Å². The lowest BCUT2D eigenvalue weighted by atomic mass is 9.89. The van der Waals surface area contributed by atoms with Crippen LogP contribution in [0.2, 0.25) is 0 Å². The van der Waals surface area contributed by atoms with Crippen LogP contribution in [0.5, 0.6) is 5.75 Å². The number of nitrogens with two attached hydrogens (primary N) is 1. The van der Waals surface area contributed by atoms with E-state index in [9.17, 15) is 0 Å². The fraction of sp³-hybridized carbons (Fsp3) is 0.625. The molecule has 0 bridgehead atoms. The zero-order valence-electron chi connectivity index (χ0n) is 12.9. The van der Waals surface area contributed by atoms with Crippen LogP contribution in [0.1, 0.15) is 37.4 Å². The summed E-state index contributed by atoms with van der Waals surface area (Å²) in [7, 11) is 6.00. The maximum absolute atomic E-state index is 5.71. The van der Waals surface area contributed by atoms with Gasteiger partial charge >= 0.3 is 0 Å². The van der Waals surface area contributed by atoms with Crippen molar-refractivity contribution < 1.29 is 4.74 Å². The first-order chi connectivity index (χ1) is 9.04. The van der Waals surface area contributed by atoms with Crippen molar-refractivity contribution in [1.82, 2.24) is 4.90 Å². The number of nitrogens with zero attached hydrogens (tertiary/aromatic N) is 1. The van der Waals surface area contributed by atoms with Gasteiger partial charge in [0.25, 0.3) is 0 Å². The molecule has 0 saturated carbocycles. The van der Waals surface area contributed by atoms with Crippen LogP contribution in [0.15, 0.2) is 18.2 Å². The van der Waals surface area contributed by atoms with Gasteiger partial charge in [-0.1, -0.05) is 26.0 Å². The normalized spacial score (nSPS) is 14.5. The molecule has 1 aromatic carbocycles. The zero-order chi connectivity index (χ0) is 14.4. The highest BCUT2D eigenvalue weighted by Gasteiger charge is 2.21. The maximum atomic E-state index is 5.71. The van der Waals surface area contributed by atoms with E-state index in [0.717, 1.165) is 25.1 Å². The molecule has 19 heavy (non-hydrogen) atoms. The summed E-state index contributed by atoms with van der Waals surface area (Å²) in [6, 6.07) is 6.94. The Morgan fingerprint density at radius 1 is 1.32 bits per heavy atom. The molecule has 0 radical (unpaired) electrons. The fourth-order valence-electron chi connectivity index (χ4n) is 2.82. The van der Waals surface area contributed by atoms with E-state index in [1.165, 1.54) is 11.1 Å². The van der Waals surface area contributed by atoms with E-state index in [0.29, 0.717) is 12.0 Å². The van der Waals surface area contributed by atoms with Crippen LogP contribution in [0, 0.1) is 5.92 Å². The first-order valence-corrected chi connectivity index (χ1v) is 7.08. The van der Waals surface area contributed by atoms with Crippen molar-refractivity contribution in [2.75, 3.05) is 27.7 Å². The summed E-state index contributed by atoms with van der Waals surface area (Å²) >= 11 is 0. The van der Waals surface area contributed by atoms with Crippen LogP contribution in [-0.2, 0) is 6.42 Å². The number of aryl methyl sites for hydroxylation is 1. The van der Waals surface area contributed by atoms with Crippen LogP contribution in [0.25, 0.3) is 0 Å². The molecule has 0 aliphatic carbocycles. The number of hydrogen-bond acceptors (Lipinski definition) is 3. The molecule has 2 N–H and O–H groups in total. The van der Waals surface area contributed by atoms with Crippen LogP contribution in [0.4, 0.5) is 0 Å². The van der Waals surface area contributed by atoms with Gasteiger partial charge in [-0.25, -0.2) is 0 Å². The number of methoxy groups -OCH3 is 1. The molecule has 0 heterocycles. The molecule has 3 nitrogen and oxygen atoms in total. The molecule has 0 saturated heterocycles. The van der Waals surface area contributed by atoms with Gasteiger partial charge in [0.15, 0.2) is 0 Å². The number of rotatable bonds is 7. The maximum Gasteiger partial charge on any atom is 0.122 e. The van der Waals surface area contributed by atoms with Crippen LogP contribution < -0.4 is 10.5 Å². The summed E-state index contributed by atoms with van der Waals surface area (Å²) in [6.07, 6.45) is 2.03. The number of hydrogen-bond donors (Lipinski definition) is 1. The molecule has 1 aromatic rings. The zero-order valence-corrected chi connectivity index (χ0v) is 12.9. The van der Waals surface area contributed by atoms with E-state index >= 15 is 0 Å². The van der Waals surface area contributed by atoms with E-state index in [1.807, 2.05) is 0 Å². The third kappa shape index (κ3) is 3.95. The standard InChI is InChI=1S/C16H28N2O/c1-6-13-11-14(7-8-15(13)19-5)16(18(3)4)12(2)9-10-17/h7-8,11-12,16H,6,9-10,17H2,1-5H3. The Kier molecular flexibility index (Phi) is 6.32. The summed E-state index contributed by atoms with van der Waals surface area (Å²) in [6.45, 7) is 5.17. The average molecular weight is 264 g/mol. The van der Waals surface area contributed by atoms with Crippen molar-refractivity contribution in [3.63, 3.8) is 0 Å². The predicted octanol–water partition coefficient (Wildman–Crippen LogP) is 2.85. The van der Waals surface area contributed by atoms with Gasteiger partial charge < -0.3 is 15.4 Å². The van der Waals surface area contributed by atoms with Crippen LogP contribution in [-0.4, -0.2) is 32.6 Å². The van der Waals surface area contributed by atoms with Crippen molar-refractivity contribution in [2.45, 2.75) is 32.7 Å². The van der Waals surface area contributed by atoms with E-state index in [4.69, 9.17) is 10.5 Å². The predicted molar refractivity (Wildman–Crippen MR) is 81.6 cm³/mol. The average Bonchev–Trinajstić information content (AvgIpc) is 2.38. The molecule has 0 aromatic heterocycles. The van der Waals surface area contributed by atoms with Gasteiger partial charge in [0.05, 0.1) is 7.11 Å². The van der Waals surface area contributed by atoms with Crippen molar-refractivity contribution in [1.29, 1.82) is 0 Å².